The molecule has 4 nitrogen and oxygen atoms in total. The third-order valence-corrected chi connectivity index (χ3v) is 8.01. The lowest BCUT2D eigenvalue weighted by Gasteiger charge is -2.35. The van der Waals surface area contributed by atoms with Gasteiger partial charge in [0.1, 0.15) is 0 Å². The zero-order valence-electron chi connectivity index (χ0n) is 19.4. The molecule has 1 heterocycles. The minimum Gasteiger partial charge on any atom is -0.466 e. The molecule has 2 aromatic rings. The summed E-state index contributed by atoms with van der Waals surface area (Å²) in [5.74, 6) is 0.134. The first-order valence-corrected chi connectivity index (χ1v) is 12.9. The van der Waals surface area contributed by atoms with Gasteiger partial charge in [-0.2, -0.15) is 0 Å². The number of allylic oxidation sites excluding steroid dienone is 3. The zero-order valence-corrected chi connectivity index (χ0v) is 21.8. The molecule has 0 aromatic heterocycles. The fraction of sp³-hybridized carbons (Fsp3) is 0.333. The summed E-state index contributed by atoms with van der Waals surface area (Å²) >= 11 is 5.26. The number of ketones is 1. The third-order valence-electron chi connectivity index (χ3n) is 6.42. The summed E-state index contributed by atoms with van der Waals surface area (Å²) in [7, 11) is 1.40. The highest BCUT2D eigenvalue weighted by molar-refractivity contribution is 9.10. The van der Waals surface area contributed by atoms with Crippen molar-refractivity contribution in [3.63, 3.8) is 0 Å². The molecular formula is C27H28BrNO3S. The number of halogens is 1. The molecule has 0 saturated carbocycles. The number of aryl methyl sites for hydroxylation is 2. The highest BCUT2D eigenvalue weighted by atomic mass is 79.9. The molecule has 0 fully saturated rings. The minimum absolute atomic E-state index is 0.119. The summed E-state index contributed by atoms with van der Waals surface area (Å²) < 4.78 is 6.22. The number of Topliss-reactive ketones (excluding diaryl/α,β-unsaturated/α-hetero) is 1. The monoisotopic (exact) mass is 525 g/mol. The van der Waals surface area contributed by atoms with Crippen molar-refractivity contribution in [3.8, 4) is 0 Å². The fourth-order valence-corrected chi connectivity index (χ4v) is 5.98. The number of nitrogens with one attached hydrogen (secondary N) is 1. The molecule has 33 heavy (non-hydrogen) atoms. The lowest BCUT2D eigenvalue weighted by atomic mass is 9.73. The van der Waals surface area contributed by atoms with Gasteiger partial charge in [-0.05, 0) is 80.1 Å². The van der Waals surface area contributed by atoms with Crippen LogP contribution in [0.2, 0.25) is 0 Å². The minimum atomic E-state index is -0.404. The predicted molar refractivity (Wildman–Crippen MR) is 136 cm³/mol. The van der Waals surface area contributed by atoms with E-state index in [9.17, 15) is 9.59 Å². The van der Waals surface area contributed by atoms with Crippen molar-refractivity contribution < 1.29 is 14.3 Å². The van der Waals surface area contributed by atoms with Gasteiger partial charge in [0.2, 0.25) is 0 Å². The van der Waals surface area contributed by atoms with E-state index in [2.05, 4.69) is 59.4 Å². The Morgan fingerprint density at radius 1 is 1.12 bits per heavy atom. The quantitative estimate of drug-likeness (QED) is 0.356. The normalized spacial score (nSPS) is 18.2. The standard InChI is InChI=1S/C27H28BrNO3S/c1-15-12-16(2)21(13-18(15)14-33-20-10-8-19(28)9-11-20)25-24(27(31)32-4)17(3)29-22-6-5-7-23(30)26(22)25/h8-13,25,29H,5-7,14H2,1-4H3/t25-/m0/s1. The topological polar surface area (TPSA) is 55.4 Å². The Bertz CT molecular complexity index is 1180. The number of thioether (sulfide) groups is 1. The zero-order chi connectivity index (χ0) is 23.7. The number of carbonyl (C=O) groups is 2. The Kier molecular flexibility index (Phi) is 7.15. The highest BCUT2D eigenvalue weighted by Crippen LogP contribution is 2.44. The summed E-state index contributed by atoms with van der Waals surface area (Å²) in [6.07, 6.45) is 2.17. The van der Waals surface area contributed by atoms with Crippen LogP contribution in [-0.4, -0.2) is 18.9 Å². The van der Waals surface area contributed by atoms with Crippen molar-refractivity contribution in [1.82, 2.24) is 5.32 Å². The number of methoxy groups -OCH3 is 1. The molecule has 4 rings (SSSR count). The number of ether oxygens (including phenoxy) is 1. The van der Waals surface area contributed by atoms with Crippen molar-refractivity contribution in [1.29, 1.82) is 0 Å². The number of carbonyl (C=O) groups excluding carboxylic acids is 2. The van der Waals surface area contributed by atoms with Gasteiger partial charge in [0.15, 0.2) is 5.78 Å². The summed E-state index contributed by atoms with van der Waals surface area (Å²) in [6, 6.07) is 12.7. The van der Waals surface area contributed by atoms with Crippen molar-refractivity contribution in [2.75, 3.05) is 7.11 Å². The number of hydrogen-bond acceptors (Lipinski definition) is 5. The molecule has 172 valence electrons. The van der Waals surface area contributed by atoms with Gasteiger partial charge in [-0.1, -0.05) is 28.1 Å². The second-order valence-electron chi connectivity index (χ2n) is 8.64. The molecule has 2 aromatic carbocycles. The van der Waals surface area contributed by atoms with Crippen LogP contribution < -0.4 is 5.32 Å². The van der Waals surface area contributed by atoms with Gasteiger partial charge in [0, 0.05) is 44.4 Å². The summed E-state index contributed by atoms with van der Waals surface area (Å²) in [5, 5.41) is 3.34. The van der Waals surface area contributed by atoms with Gasteiger partial charge in [0.05, 0.1) is 12.7 Å². The average molecular weight is 526 g/mol. The van der Waals surface area contributed by atoms with Crippen LogP contribution in [0.25, 0.3) is 0 Å². The smallest absolute Gasteiger partial charge is 0.336 e. The Morgan fingerprint density at radius 3 is 2.55 bits per heavy atom. The highest BCUT2D eigenvalue weighted by Gasteiger charge is 2.39. The first kappa shape index (κ1) is 23.8. The first-order valence-electron chi connectivity index (χ1n) is 11.1. The molecule has 1 N–H and O–H groups in total. The fourth-order valence-electron chi connectivity index (χ4n) is 4.75. The van der Waals surface area contributed by atoms with Gasteiger partial charge >= 0.3 is 5.97 Å². The van der Waals surface area contributed by atoms with Crippen LogP contribution in [0.5, 0.6) is 0 Å². The summed E-state index contributed by atoms with van der Waals surface area (Å²) in [5.41, 5.74) is 7.48. The molecule has 0 unspecified atom stereocenters. The van der Waals surface area contributed by atoms with Gasteiger partial charge in [-0.3, -0.25) is 4.79 Å². The number of benzene rings is 2. The number of dihydropyridines is 1. The maximum absolute atomic E-state index is 13.1. The van der Waals surface area contributed by atoms with Crippen molar-refractivity contribution in [2.24, 2.45) is 0 Å². The van der Waals surface area contributed by atoms with E-state index in [1.807, 2.05) is 19.1 Å². The van der Waals surface area contributed by atoms with E-state index >= 15 is 0 Å². The van der Waals surface area contributed by atoms with Crippen LogP contribution in [0.3, 0.4) is 0 Å². The second-order valence-corrected chi connectivity index (χ2v) is 10.6. The van der Waals surface area contributed by atoms with Crippen LogP contribution in [0.15, 0.2) is 68.3 Å². The van der Waals surface area contributed by atoms with Crippen LogP contribution in [0.4, 0.5) is 0 Å². The lowest BCUT2D eigenvalue weighted by Crippen LogP contribution is -2.34. The first-order chi connectivity index (χ1) is 15.8. The van der Waals surface area contributed by atoms with Crippen LogP contribution in [-0.2, 0) is 20.1 Å². The Morgan fingerprint density at radius 2 is 1.85 bits per heavy atom. The molecule has 1 aliphatic carbocycles. The van der Waals surface area contributed by atoms with E-state index in [4.69, 9.17) is 4.74 Å². The molecular weight excluding hydrogens is 498 g/mol. The van der Waals surface area contributed by atoms with Crippen molar-refractivity contribution >= 4 is 39.4 Å². The second kappa shape index (κ2) is 9.90. The van der Waals surface area contributed by atoms with Crippen LogP contribution in [0.1, 0.15) is 54.4 Å². The van der Waals surface area contributed by atoms with E-state index in [0.29, 0.717) is 12.0 Å². The Balaban J connectivity index is 1.78. The maximum Gasteiger partial charge on any atom is 0.336 e. The lowest BCUT2D eigenvalue weighted by molar-refractivity contribution is -0.136. The SMILES string of the molecule is COC(=O)C1=C(C)NC2=C(C(=O)CCC2)[C@H]1c1cc(CSc2ccc(Br)cc2)c(C)cc1C. The molecule has 6 heteroatoms. The molecule has 0 radical (unpaired) electrons. The van der Waals surface area contributed by atoms with E-state index in [-0.39, 0.29) is 11.8 Å². The van der Waals surface area contributed by atoms with Crippen molar-refractivity contribution in [2.45, 2.75) is 56.6 Å². The van der Waals surface area contributed by atoms with Crippen molar-refractivity contribution in [3.05, 3.63) is 85.7 Å². The average Bonchev–Trinajstić information content (AvgIpc) is 2.78. The Hall–Kier alpha value is -2.31. The maximum atomic E-state index is 13.1. The molecule has 0 bridgehead atoms. The third kappa shape index (κ3) is 4.82. The van der Waals surface area contributed by atoms with Gasteiger partial charge in [-0.25, -0.2) is 4.79 Å². The largest absolute Gasteiger partial charge is 0.466 e. The summed E-state index contributed by atoms with van der Waals surface area (Å²) in [4.78, 5) is 27.2. The van der Waals surface area contributed by atoms with E-state index in [1.165, 1.54) is 23.1 Å². The molecule has 0 spiro atoms. The van der Waals surface area contributed by atoms with Gasteiger partial charge < -0.3 is 10.1 Å². The van der Waals surface area contributed by atoms with Gasteiger partial charge in [0.25, 0.3) is 0 Å². The molecule has 2 aliphatic rings. The molecule has 1 atom stereocenters. The molecule has 0 saturated heterocycles. The Labute approximate surface area is 208 Å². The predicted octanol–water partition coefficient (Wildman–Crippen LogP) is 6.50. The van der Waals surface area contributed by atoms with Crippen LogP contribution in [0, 0.1) is 13.8 Å². The number of esters is 1. The number of rotatable bonds is 5. The van der Waals surface area contributed by atoms with Gasteiger partial charge in [-0.15, -0.1) is 11.8 Å². The number of hydrogen-bond donors (Lipinski definition) is 1. The summed E-state index contributed by atoms with van der Waals surface area (Å²) in [6.45, 7) is 6.08. The van der Waals surface area contributed by atoms with E-state index in [0.717, 1.165) is 51.2 Å². The van der Waals surface area contributed by atoms with Crippen LogP contribution >= 0.6 is 27.7 Å². The molecule has 0 amide bonds. The van der Waals surface area contributed by atoms with E-state index < -0.39 is 5.92 Å². The molecule has 1 aliphatic heterocycles. The van der Waals surface area contributed by atoms with E-state index in [1.54, 1.807) is 11.8 Å².